The first-order valence-electron chi connectivity index (χ1n) is 10.1. The second-order valence-electron chi connectivity index (χ2n) is 7.36. The fourth-order valence-electron chi connectivity index (χ4n) is 3.56. The van der Waals surface area contributed by atoms with Crippen LogP contribution >= 0.6 is 22.9 Å². The van der Waals surface area contributed by atoms with Crippen molar-refractivity contribution in [2.45, 2.75) is 19.4 Å². The number of likely N-dealkylation sites (tertiary alicyclic amines) is 1. The molecule has 1 saturated heterocycles. The summed E-state index contributed by atoms with van der Waals surface area (Å²) in [6.45, 7) is 1.39. The molecule has 31 heavy (non-hydrogen) atoms. The van der Waals surface area contributed by atoms with Crippen LogP contribution in [0, 0.1) is 5.92 Å². The lowest BCUT2D eigenvalue weighted by Crippen LogP contribution is -2.43. The second kappa shape index (κ2) is 9.94. The largest absolute Gasteiger partial charge is 0.489 e. The summed E-state index contributed by atoms with van der Waals surface area (Å²) >= 11 is 7.40. The standard InChI is InChI=1S/C23H22ClN3O3S/c24-19-7-1-4-16(12-19)15-30-20-8-2-5-17(13-20)22(29)27-10-3-6-18(14-27)21(28)26-23-25-9-11-31-23/h1-2,4-5,7-9,11-13,18H,3,6,10,14-15H2,(H,25,26,28). The van der Waals surface area contributed by atoms with E-state index >= 15 is 0 Å². The third-order valence-corrected chi connectivity index (χ3v) is 6.04. The Bertz CT molecular complexity index is 1060. The number of piperidine rings is 1. The molecule has 8 heteroatoms. The van der Waals surface area contributed by atoms with Crippen molar-refractivity contribution in [3.8, 4) is 5.75 Å². The van der Waals surface area contributed by atoms with Gasteiger partial charge in [0.25, 0.3) is 5.91 Å². The van der Waals surface area contributed by atoms with Gasteiger partial charge in [-0.2, -0.15) is 0 Å². The summed E-state index contributed by atoms with van der Waals surface area (Å²) in [7, 11) is 0. The van der Waals surface area contributed by atoms with E-state index in [1.165, 1.54) is 11.3 Å². The molecule has 4 rings (SSSR count). The van der Waals surface area contributed by atoms with Crippen LogP contribution in [0.15, 0.2) is 60.1 Å². The number of benzene rings is 2. The number of anilines is 1. The number of carbonyl (C=O) groups is 2. The van der Waals surface area contributed by atoms with Crippen molar-refractivity contribution in [2.24, 2.45) is 5.92 Å². The Kier molecular flexibility index (Phi) is 6.84. The van der Waals surface area contributed by atoms with Crippen LogP contribution in [0.2, 0.25) is 5.02 Å². The minimum atomic E-state index is -0.246. The van der Waals surface area contributed by atoms with Gasteiger partial charge in [0.15, 0.2) is 5.13 Å². The van der Waals surface area contributed by atoms with Gasteiger partial charge < -0.3 is 15.0 Å². The minimum absolute atomic E-state index is 0.0916. The molecule has 3 aromatic rings. The molecule has 1 atom stereocenters. The second-order valence-corrected chi connectivity index (χ2v) is 8.69. The van der Waals surface area contributed by atoms with Crippen LogP contribution in [0.1, 0.15) is 28.8 Å². The summed E-state index contributed by atoms with van der Waals surface area (Å²) in [5, 5.41) is 5.89. The molecule has 2 aromatic carbocycles. The first-order valence-corrected chi connectivity index (χ1v) is 11.3. The number of hydrogen-bond donors (Lipinski definition) is 1. The molecule has 1 N–H and O–H groups in total. The molecule has 1 aliphatic heterocycles. The SMILES string of the molecule is O=C(Nc1nccs1)C1CCCN(C(=O)c2cccc(OCc3cccc(Cl)c3)c2)C1. The molecule has 160 valence electrons. The normalized spacial score (nSPS) is 16.0. The number of halogens is 1. The molecule has 0 bridgehead atoms. The highest BCUT2D eigenvalue weighted by Crippen LogP contribution is 2.23. The monoisotopic (exact) mass is 455 g/mol. The van der Waals surface area contributed by atoms with Crippen LogP contribution < -0.4 is 10.1 Å². The Morgan fingerprint density at radius 3 is 2.90 bits per heavy atom. The fraction of sp³-hybridized carbons (Fsp3) is 0.261. The van der Waals surface area contributed by atoms with Crippen molar-refractivity contribution in [2.75, 3.05) is 18.4 Å². The molecular weight excluding hydrogens is 434 g/mol. The number of carbonyl (C=O) groups excluding carboxylic acids is 2. The first-order chi connectivity index (χ1) is 15.1. The molecule has 2 heterocycles. The lowest BCUT2D eigenvalue weighted by atomic mass is 9.96. The molecule has 2 amide bonds. The molecule has 6 nitrogen and oxygen atoms in total. The smallest absolute Gasteiger partial charge is 0.254 e. The highest BCUT2D eigenvalue weighted by Gasteiger charge is 2.29. The third kappa shape index (κ3) is 5.62. The Hall–Kier alpha value is -2.90. The van der Waals surface area contributed by atoms with Gasteiger partial charge in [-0.15, -0.1) is 11.3 Å². The van der Waals surface area contributed by atoms with Crippen molar-refractivity contribution in [3.05, 3.63) is 76.3 Å². The Labute approximate surface area is 189 Å². The van der Waals surface area contributed by atoms with Gasteiger partial charge >= 0.3 is 0 Å². The van der Waals surface area contributed by atoms with Crippen molar-refractivity contribution < 1.29 is 14.3 Å². The van der Waals surface area contributed by atoms with E-state index in [0.717, 1.165) is 18.4 Å². The molecule has 0 radical (unpaired) electrons. The predicted octanol–water partition coefficient (Wildman–Crippen LogP) is 4.87. The Morgan fingerprint density at radius 2 is 2.10 bits per heavy atom. The number of thiazole rings is 1. The number of ether oxygens (including phenoxy) is 1. The van der Waals surface area contributed by atoms with Gasteiger partial charge in [-0.1, -0.05) is 29.8 Å². The molecule has 0 aliphatic carbocycles. The maximum Gasteiger partial charge on any atom is 0.254 e. The van der Waals surface area contributed by atoms with Gasteiger partial charge in [0.2, 0.25) is 5.91 Å². The van der Waals surface area contributed by atoms with E-state index in [2.05, 4.69) is 10.3 Å². The number of nitrogens with zero attached hydrogens (tertiary/aromatic N) is 2. The maximum absolute atomic E-state index is 13.1. The van der Waals surface area contributed by atoms with Gasteiger partial charge in [-0.3, -0.25) is 9.59 Å². The fourth-order valence-corrected chi connectivity index (χ4v) is 4.31. The lowest BCUT2D eigenvalue weighted by Gasteiger charge is -2.32. The number of nitrogens with one attached hydrogen (secondary N) is 1. The summed E-state index contributed by atoms with van der Waals surface area (Å²) < 4.78 is 5.84. The van der Waals surface area contributed by atoms with Crippen LogP contribution in [-0.4, -0.2) is 34.8 Å². The van der Waals surface area contributed by atoms with E-state index < -0.39 is 0 Å². The zero-order valence-electron chi connectivity index (χ0n) is 16.8. The van der Waals surface area contributed by atoms with E-state index in [1.807, 2.05) is 35.7 Å². The Balaban J connectivity index is 1.38. The first kappa shape index (κ1) is 21.3. The molecule has 1 aromatic heterocycles. The van der Waals surface area contributed by atoms with E-state index in [4.69, 9.17) is 16.3 Å². The summed E-state index contributed by atoms with van der Waals surface area (Å²) in [4.78, 5) is 31.5. The molecule has 0 saturated carbocycles. The average Bonchev–Trinajstić information content (AvgIpc) is 3.30. The number of amides is 2. The van der Waals surface area contributed by atoms with Gasteiger partial charge in [0.1, 0.15) is 12.4 Å². The van der Waals surface area contributed by atoms with E-state index in [9.17, 15) is 9.59 Å². The van der Waals surface area contributed by atoms with Gasteiger partial charge in [0, 0.05) is 35.3 Å². The van der Waals surface area contributed by atoms with Crippen LogP contribution in [-0.2, 0) is 11.4 Å². The number of rotatable bonds is 6. The van der Waals surface area contributed by atoms with Crippen LogP contribution in [0.25, 0.3) is 0 Å². The molecular formula is C23H22ClN3O3S. The predicted molar refractivity (Wildman–Crippen MR) is 122 cm³/mol. The molecule has 0 spiro atoms. The van der Waals surface area contributed by atoms with Crippen molar-refractivity contribution >= 4 is 39.9 Å². The third-order valence-electron chi connectivity index (χ3n) is 5.12. The molecule has 1 unspecified atom stereocenters. The maximum atomic E-state index is 13.1. The summed E-state index contributed by atoms with van der Waals surface area (Å²) in [5.41, 5.74) is 1.50. The number of aromatic nitrogens is 1. The lowest BCUT2D eigenvalue weighted by molar-refractivity contribution is -0.121. The van der Waals surface area contributed by atoms with E-state index in [0.29, 0.717) is 41.2 Å². The summed E-state index contributed by atoms with van der Waals surface area (Å²) in [6.07, 6.45) is 3.19. The topological polar surface area (TPSA) is 71.5 Å². The van der Waals surface area contributed by atoms with Gasteiger partial charge in [-0.05, 0) is 48.7 Å². The van der Waals surface area contributed by atoms with Crippen molar-refractivity contribution in [1.29, 1.82) is 0 Å². The number of hydrogen-bond acceptors (Lipinski definition) is 5. The van der Waals surface area contributed by atoms with E-state index in [-0.39, 0.29) is 17.7 Å². The zero-order valence-corrected chi connectivity index (χ0v) is 18.4. The van der Waals surface area contributed by atoms with Crippen molar-refractivity contribution in [1.82, 2.24) is 9.88 Å². The Morgan fingerprint density at radius 1 is 1.23 bits per heavy atom. The van der Waals surface area contributed by atoms with Crippen molar-refractivity contribution in [3.63, 3.8) is 0 Å². The summed E-state index contributed by atoms with van der Waals surface area (Å²) in [6, 6.07) is 14.6. The van der Waals surface area contributed by atoms with Gasteiger partial charge in [-0.25, -0.2) is 4.98 Å². The highest BCUT2D eigenvalue weighted by molar-refractivity contribution is 7.13. The zero-order chi connectivity index (χ0) is 21.6. The molecule has 1 aliphatic rings. The quantitative estimate of drug-likeness (QED) is 0.575. The van der Waals surface area contributed by atoms with Crippen LogP contribution in [0.5, 0.6) is 5.75 Å². The van der Waals surface area contributed by atoms with Crippen LogP contribution in [0.4, 0.5) is 5.13 Å². The minimum Gasteiger partial charge on any atom is -0.489 e. The molecule has 1 fully saturated rings. The highest BCUT2D eigenvalue weighted by atomic mass is 35.5. The summed E-state index contributed by atoms with van der Waals surface area (Å²) in [5.74, 6) is 0.177. The van der Waals surface area contributed by atoms with E-state index in [1.54, 1.807) is 29.3 Å². The van der Waals surface area contributed by atoms with Crippen LogP contribution in [0.3, 0.4) is 0 Å². The average molecular weight is 456 g/mol. The van der Waals surface area contributed by atoms with Gasteiger partial charge in [0.05, 0.1) is 5.92 Å².